The Morgan fingerprint density at radius 3 is 2.16 bits per heavy atom. The number of nitrogens with zero attached hydrogens (tertiary/aromatic N) is 4. The van der Waals surface area contributed by atoms with Crippen LogP contribution in [0.15, 0.2) is 42.6 Å². The summed E-state index contributed by atoms with van der Waals surface area (Å²) in [5.41, 5.74) is -0.942. The van der Waals surface area contributed by atoms with E-state index in [2.05, 4.69) is 4.98 Å². The maximum absolute atomic E-state index is 13.6. The van der Waals surface area contributed by atoms with E-state index >= 15 is 0 Å². The summed E-state index contributed by atoms with van der Waals surface area (Å²) in [6.45, 7) is 2.75. The average molecular weight is 693 g/mol. The smallest absolute Gasteiger partial charge is 0.416 e. The number of halogens is 6. The number of alkyl halides is 6. The second-order valence-electron chi connectivity index (χ2n) is 12.7. The normalized spacial score (nSPS) is 22.9. The van der Waals surface area contributed by atoms with Crippen LogP contribution in [0.25, 0.3) is 11.1 Å². The Labute approximate surface area is 277 Å². The molecule has 1 amide bonds. The van der Waals surface area contributed by atoms with E-state index in [1.54, 1.807) is 12.3 Å². The molecule has 6 rings (SSSR count). The van der Waals surface area contributed by atoms with E-state index < -0.39 is 53.3 Å². The first-order valence-corrected chi connectivity index (χ1v) is 15.9. The maximum Gasteiger partial charge on any atom is 0.416 e. The zero-order valence-corrected chi connectivity index (χ0v) is 26.6. The van der Waals surface area contributed by atoms with E-state index in [0.717, 1.165) is 25.1 Å². The van der Waals surface area contributed by atoms with Crippen molar-refractivity contribution in [3.05, 3.63) is 70.5 Å². The molecular formula is C34H34F6N4O5. The summed E-state index contributed by atoms with van der Waals surface area (Å²) in [5, 5.41) is 9.43. The summed E-state index contributed by atoms with van der Waals surface area (Å²) >= 11 is 0. The minimum Gasteiger partial charge on any atom is -0.496 e. The molecule has 3 heterocycles. The number of carboxylic acids is 1. The second kappa shape index (κ2) is 13.0. The lowest BCUT2D eigenvalue weighted by Gasteiger charge is -2.31. The molecule has 3 fully saturated rings. The van der Waals surface area contributed by atoms with Gasteiger partial charge in [0, 0.05) is 30.4 Å². The predicted molar refractivity (Wildman–Crippen MR) is 164 cm³/mol. The molecule has 15 heteroatoms. The Morgan fingerprint density at radius 2 is 1.61 bits per heavy atom. The number of ether oxygens (including phenoxy) is 2. The lowest BCUT2D eigenvalue weighted by atomic mass is 9.78. The summed E-state index contributed by atoms with van der Waals surface area (Å²) in [6, 6.07) is 5.88. The van der Waals surface area contributed by atoms with Crippen molar-refractivity contribution >= 4 is 18.0 Å². The highest BCUT2D eigenvalue weighted by atomic mass is 19.4. The number of rotatable bonds is 8. The predicted octanol–water partition coefficient (Wildman–Crippen LogP) is 7.84. The first-order valence-electron chi connectivity index (χ1n) is 15.9. The molecule has 9 nitrogen and oxygen atoms in total. The van der Waals surface area contributed by atoms with Gasteiger partial charge in [0.25, 0.3) is 0 Å². The standard InChI is InChI=1S/C34H34F6N4O5/c1-18-29(22-12-23(33(35,36)37)15-24(13-22)34(38,39)40)49-32(47)44(18)17-27-26(16-41-31(42-27)43-10-3-11-43)25-14-21(8-9-28(25)48-2)19-4-6-20(7-5-19)30(45)46/h8-9,12-16,18-20,29H,3-7,10-11,17H2,1-2H3,(H,45,46)/t18-,19?,20?,29?/m0/s1. The van der Waals surface area contributed by atoms with Crippen LogP contribution in [-0.4, -0.2) is 58.3 Å². The van der Waals surface area contributed by atoms with Crippen LogP contribution in [0.1, 0.15) is 79.0 Å². The van der Waals surface area contributed by atoms with Crippen molar-refractivity contribution in [3.8, 4) is 16.9 Å². The molecular weight excluding hydrogens is 658 g/mol. The minimum absolute atomic E-state index is 0.0342. The maximum atomic E-state index is 13.6. The van der Waals surface area contributed by atoms with Gasteiger partial charge in [-0.05, 0) is 86.4 Å². The Balaban J connectivity index is 1.35. The number of aliphatic carboxylic acids is 1. The zero-order valence-electron chi connectivity index (χ0n) is 26.6. The highest BCUT2D eigenvalue weighted by Gasteiger charge is 2.44. The fourth-order valence-electron chi connectivity index (χ4n) is 6.75. The fraction of sp³-hybridized carbons (Fsp3) is 0.471. The van der Waals surface area contributed by atoms with Gasteiger partial charge in [0.05, 0.1) is 42.4 Å². The van der Waals surface area contributed by atoms with Crippen LogP contribution in [0.5, 0.6) is 5.75 Å². The van der Waals surface area contributed by atoms with Gasteiger partial charge in [-0.1, -0.05) is 6.07 Å². The Bertz CT molecular complexity index is 1700. The third kappa shape index (κ3) is 6.97. The lowest BCUT2D eigenvalue weighted by molar-refractivity contribution is -0.144. The summed E-state index contributed by atoms with van der Waals surface area (Å²) in [6.07, 6.45) is -7.45. The van der Waals surface area contributed by atoms with Crippen LogP contribution in [0.4, 0.5) is 37.1 Å². The monoisotopic (exact) mass is 692 g/mol. The van der Waals surface area contributed by atoms with Crippen molar-refractivity contribution in [2.45, 2.75) is 76.0 Å². The third-order valence-electron chi connectivity index (χ3n) is 9.71. The van der Waals surface area contributed by atoms with E-state index in [9.17, 15) is 41.0 Å². The highest BCUT2D eigenvalue weighted by molar-refractivity contribution is 5.75. The molecule has 0 radical (unpaired) electrons. The molecule has 2 atom stereocenters. The van der Waals surface area contributed by atoms with E-state index in [1.807, 2.05) is 17.0 Å². The number of methoxy groups -OCH3 is 1. The van der Waals surface area contributed by atoms with Crippen molar-refractivity contribution < 1.29 is 50.5 Å². The molecule has 1 aromatic heterocycles. The first-order chi connectivity index (χ1) is 23.1. The van der Waals surface area contributed by atoms with E-state index in [0.29, 0.717) is 66.3 Å². The molecule has 0 spiro atoms. The van der Waals surface area contributed by atoms with Crippen LogP contribution >= 0.6 is 0 Å². The molecule has 2 aromatic carbocycles. The van der Waals surface area contributed by atoms with Crippen molar-refractivity contribution in [3.63, 3.8) is 0 Å². The Kier molecular flexibility index (Phi) is 9.14. The molecule has 0 bridgehead atoms. The van der Waals surface area contributed by atoms with Crippen molar-refractivity contribution in [1.82, 2.24) is 14.9 Å². The van der Waals surface area contributed by atoms with Crippen molar-refractivity contribution in [2.75, 3.05) is 25.1 Å². The van der Waals surface area contributed by atoms with Crippen LogP contribution in [0, 0.1) is 5.92 Å². The van der Waals surface area contributed by atoms with Gasteiger partial charge in [-0.2, -0.15) is 26.3 Å². The van der Waals surface area contributed by atoms with Gasteiger partial charge in [-0.3, -0.25) is 9.69 Å². The van der Waals surface area contributed by atoms with Crippen molar-refractivity contribution in [2.24, 2.45) is 5.92 Å². The molecule has 3 aliphatic rings. The SMILES string of the molecule is COc1ccc(C2CCC(C(=O)O)CC2)cc1-c1cnc(N2CCC2)nc1CN1C(=O)OC(c2cc(C(F)(F)F)cc(C(F)(F)F)c2)[C@@H]1C. The molecule has 1 unspecified atom stereocenters. The number of carbonyl (C=O) groups excluding carboxylic acids is 1. The lowest BCUT2D eigenvalue weighted by Crippen LogP contribution is -2.39. The molecule has 3 aromatic rings. The van der Waals surface area contributed by atoms with Crippen LogP contribution in [0.2, 0.25) is 0 Å². The average Bonchev–Trinajstić information content (AvgIpc) is 3.31. The Hall–Kier alpha value is -4.56. The van der Waals surface area contributed by atoms with Crippen molar-refractivity contribution in [1.29, 1.82) is 0 Å². The quantitative estimate of drug-likeness (QED) is 0.238. The van der Waals surface area contributed by atoms with Gasteiger partial charge in [-0.25, -0.2) is 14.8 Å². The topological polar surface area (TPSA) is 105 Å². The fourth-order valence-corrected chi connectivity index (χ4v) is 6.75. The van der Waals surface area contributed by atoms with Gasteiger partial charge in [-0.15, -0.1) is 0 Å². The van der Waals surface area contributed by atoms with E-state index in [1.165, 1.54) is 18.9 Å². The van der Waals surface area contributed by atoms with Crippen LogP contribution in [0.3, 0.4) is 0 Å². The number of anilines is 1. The molecule has 1 N–H and O–H groups in total. The number of amides is 1. The molecule has 2 aliphatic heterocycles. The number of carbonyl (C=O) groups is 2. The molecule has 1 aliphatic carbocycles. The second-order valence-corrected chi connectivity index (χ2v) is 12.7. The van der Waals surface area contributed by atoms with Crippen LogP contribution < -0.4 is 9.64 Å². The number of carboxylic acid groups (broad SMARTS) is 1. The van der Waals surface area contributed by atoms with Gasteiger partial charge in [0.1, 0.15) is 11.9 Å². The van der Waals surface area contributed by atoms with Gasteiger partial charge < -0.3 is 19.5 Å². The van der Waals surface area contributed by atoms with E-state index in [4.69, 9.17) is 14.5 Å². The number of hydrogen-bond acceptors (Lipinski definition) is 7. The largest absolute Gasteiger partial charge is 0.496 e. The number of aromatic nitrogens is 2. The summed E-state index contributed by atoms with van der Waals surface area (Å²) in [7, 11) is 1.50. The molecule has 262 valence electrons. The minimum atomic E-state index is -5.06. The van der Waals surface area contributed by atoms with Crippen LogP contribution in [-0.2, 0) is 28.4 Å². The summed E-state index contributed by atoms with van der Waals surface area (Å²) in [4.78, 5) is 37.3. The van der Waals surface area contributed by atoms with Gasteiger partial charge >= 0.3 is 24.4 Å². The number of cyclic esters (lactones) is 1. The molecule has 1 saturated carbocycles. The third-order valence-corrected chi connectivity index (χ3v) is 9.71. The number of hydrogen-bond donors (Lipinski definition) is 1. The molecule has 49 heavy (non-hydrogen) atoms. The van der Waals surface area contributed by atoms with Gasteiger partial charge in [0.2, 0.25) is 5.95 Å². The first kappa shape index (κ1) is 34.3. The van der Waals surface area contributed by atoms with E-state index in [-0.39, 0.29) is 24.4 Å². The summed E-state index contributed by atoms with van der Waals surface area (Å²) < 4.78 is 92.9. The highest BCUT2D eigenvalue weighted by Crippen LogP contribution is 2.43. The van der Waals surface area contributed by atoms with Gasteiger partial charge in [0.15, 0.2) is 0 Å². The Morgan fingerprint density at radius 1 is 0.959 bits per heavy atom. The zero-order chi connectivity index (χ0) is 35.2. The molecule has 2 saturated heterocycles. The summed E-state index contributed by atoms with van der Waals surface area (Å²) in [5.74, 6) is -0.179. The number of benzene rings is 2.